The van der Waals surface area contributed by atoms with Gasteiger partial charge < -0.3 is 15.7 Å². The highest BCUT2D eigenvalue weighted by Gasteiger charge is 2.24. The van der Waals surface area contributed by atoms with E-state index in [1.165, 1.54) is 0 Å². The first kappa shape index (κ1) is 13.1. The zero-order valence-corrected chi connectivity index (χ0v) is 10.5. The second-order valence-electron chi connectivity index (χ2n) is 4.79. The van der Waals surface area contributed by atoms with Crippen LogP contribution in [0.1, 0.15) is 30.9 Å². The molecule has 1 aromatic carbocycles. The van der Waals surface area contributed by atoms with Crippen LogP contribution >= 0.6 is 0 Å². The Balaban J connectivity index is 1.85. The number of rotatable bonds is 4. The average molecular weight is 249 g/mol. The van der Waals surface area contributed by atoms with Crippen LogP contribution in [0, 0.1) is 0 Å². The van der Waals surface area contributed by atoms with Gasteiger partial charge in [0.25, 0.3) is 5.91 Å². The van der Waals surface area contributed by atoms with E-state index in [1.807, 2.05) is 35.6 Å². The Morgan fingerprint density at radius 3 is 2.89 bits per heavy atom. The predicted molar refractivity (Wildman–Crippen MR) is 68.8 cm³/mol. The molecule has 0 aliphatic carbocycles. The van der Waals surface area contributed by atoms with Crippen LogP contribution in [0.2, 0.25) is 0 Å². The number of amides is 1. The molecule has 1 heterocycles. The van der Waals surface area contributed by atoms with Crippen molar-refractivity contribution < 1.29 is 15.2 Å². The fourth-order valence-electron chi connectivity index (χ4n) is 2.29. The second kappa shape index (κ2) is 6.52. The molecule has 1 amide bonds. The highest BCUT2D eigenvalue weighted by atomic mass is 16.3. The average Bonchev–Trinajstić information content (AvgIpc) is 2.62. The summed E-state index contributed by atoms with van der Waals surface area (Å²) in [6.45, 7) is 1.31. The summed E-state index contributed by atoms with van der Waals surface area (Å²) in [5.74, 6) is 0.104. The minimum atomic E-state index is -0.512. The quantitative estimate of drug-likeness (QED) is 0.700. The number of hydrogen-bond acceptors (Lipinski definition) is 2. The van der Waals surface area contributed by atoms with Gasteiger partial charge in [-0.25, -0.2) is 0 Å². The molecule has 2 atom stereocenters. The van der Waals surface area contributed by atoms with Gasteiger partial charge in [-0.1, -0.05) is 30.3 Å². The van der Waals surface area contributed by atoms with E-state index in [0.29, 0.717) is 6.54 Å². The Kier molecular flexibility index (Phi) is 4.73. The summed E-state index contributed by atoms with van der Waals surface area (Å²) in [5, 5.41) is 14.9. The SMILES string of the molecule is O=C1NCCCC[C@@H]1[NH2+]C[C@H](O)c1ccccc1. The minimum absolute atomic E-state index is 0.0501. The number of carbonyl (C=O) groups excluding carboxylic acids is 1. The lowest BCUT2D eigenvalue weighted by Crippen LogP contribution is -2.93. The normalized spacial score (nSPS) is 22.1. The van der Waals surface area contributed by atoms with E-state index in [1.54, 1.807) is 0 Å². The van der Waals surface area contributed by atoms with Crippen LogP contribution in [0.4, 0.5) is 0 Å². The lowest BCUT2D eigenvalue weighted by atomic mass is 10.1. The van der Waals surface area contributed by atoms with E-state index < -0.39 is 6.10 Å². The molecule has 0 unspecified atom stereocenters. The zero-order chi connectivity index (χ0) is 12.8. The molecule has 4 N–H and O–H groups in total. The fourth-order valence-corrected chi connectivity index (χ4v) is 2.29. The van der Waals surface area contributed by atoms with Gasteiger partial charge in [0.2, 0.25) is 0 Å². The van der Waals surface area contributed by atoms with Crippen LogP contribution in [-0.2, 0) is 4.79 Å². The van der Waals surface area contributed by atoms with E-state index in [0.717, 1.165) is 31.4 Å². The molecule has 98 valence electrons. The Morgan fingerprint density at radius 2 is 2.11 bits per heavy atom. The molecule has 1 aliphatic rings. The molecular formula is C14H21N2O2+. The number of hydrogen-bond donors (Lipinski definition) is 3. The Labute approximate surface area is 107 Å². The summed E-state index contributed by atoms with van der Waals surface area (Å²) in [4.78, 5) is 11.7. The maximum absolute atomic E-state index is 11.7. The van der Waals surface area contributed by atoms with Crippen molar-refractivity contribution in [2.45, 2.75) is 31.4 Å². The zero-order valence-electron chi connectivity index (χ0n) is 10.5. The lowest BCUT2D eigenvalue weighted by Gasteiger charge is -2.15. The van der Waals surface area contributed by atoms with Crippen molar-refractivity contribution >= 4 is 5.91 Å². The van der Waals surface area contributed by atoms with Gasteiger partial charge in [0.15, 0.2) is 6.04 Å². The van der Waals surface area contributed by atoms with E-state index >= 15 is 0 Å². The predicted octanol–water partition coefficient (Wildman–Crippen LogP) is -0.0479. The number of benzene rings is 1. The summed E-state index contributed by atoms with van der Waals surface area (Å²) < 4.78 is 0. The number of nitrogens with one attached hydrogen (secondary N) is 1. The summed E-state index contributed by atoms with van der Waals surface area (Å²) in [6, 6.07) is 9.52. The van der Waals surface area contributed by atoms with Gasteiger partial charge in [-0.3, -0.25) is 4.79 Å². The third-order valence-electron chi connectivity index (χ3n) is 3.41. The number of aliphatic hydroxyl groups is 1. The molecule has 1 aromatic rings. The van der Waals surface area contributed by atoms with Gasteiger partial charge in [-0.2, -0.15) is 0 Å². The van der Waals surface area contributed by atoms with Crippen molar-refractivity contribution in [3.05, 3.63) is 35.9 Å². The van der Waals surface area contributed by atoms with Gasteiger partial charge in [0.05, 0.1) is 0 Å². The summed E-state index contributed by atoms with van der Waals surface area (Å²) >= 11 is 0. The third kappa shape index (κ3) is 3.55. The van der Waals surface area contributed by atoms with Crippen LogP contribution in [0.5, 0.6) is 0 Å². The van der Waals surface area contributed by atoms with Gasteiger partial charge in [-0.05, 0) is 18.4 Å². The highest BCUT2D eigenvalue weighted by molar-refractivity contribution is 5.80. The van der Waals surface area contributed by atoms with E-state index in [2.05, 4.69) is 5.32 Å². The monoisotopic (exact) mass is 249 g/mol. The number of quaternary nitrogens is 1. The molecule has 1 aliphatic heterocycles. The number of carbonyl (C=O) groups is 1. The fraction of sp³-hybridized carbons (Fsp3) is 0.500. The molecule has 0 bridgehead atoms. The van der Waals surface area contributed by atoms with Gasteiger partial charge in [0.1, 0.15) is 12.6 Å². The van der Waals surface area contributed by atoms with Crippen molar-refractivity contribution in [1.29, 1.82) is 0 Å². The highest BCUT2D eigenvalue weighted by Crippen LogP contribution is 2.09. The molecule has 4 heteroatoms. The number of nitrogens with two attached hydrogens (primary N) is 1. The van der Waals surface area contributed by atoms with Gasteiger partial charge in [0, 0.05) is 13.0 Å². The van der Waals surface area contributed by atoms with E-state index in [4.69, 9.17) is 0 Å². The topological polar surface area (TPSA) is 65.9 Å². The maximum atomic E-state index is 11.7. The molecule has 18 heavy (non-hydrogen) atoms. The van der Waals surface area contributed by atoms with E-state index in [-0.39, 0.29) is 11.9 Å². The van der Waals surface area contributed by atoms with Crippen molar-refractivity contribution in [1.82, 2.24) is 5.32 Å². The third-order valence-corrected chi connectivity index (χ3v) is 3.41. The van der Waals surface area contributed by atoms with E-state index in [9.17, 15) is 9.90 Å². The van der Waals surface area contributed by atoms with Crippen molar-refractivity contribution in [2.24, 2.45) is 0 Å². The Hall–Kier alpha value is -1.39. The van der Waals surface area contributed by atoms with Gasteiger partial charge >= 0.3 is 0 Å². The lowest BCUT2D eigenvalue weighted by molar-refractivity contribution is -0.683. The molecule has 0 aromatic heterocycles. The van der Waals surface area contributed by atoms with Crippen molar-refractivity contribution in [3.63, 3.8) is 0 Å². The molecule has 2 rings (SSSR count). The minimum Gasteiger partial charge on any atom is -0.382 e. The van der Waals surface area contributed by atoms with Crippen LogP contribution in [0.15, 0.2) is 30.3 Å². The molecule has 0 spiro atoms. The van der Waals surface area contributed by atoms with Crippen LogP contribution < -0.4 is 10.6 Å². The standard InChI is InChI=1S/C14H20N2O2/c17-13(11-6-2-1-3-7-11)10-16-12-8-4-5-9-15-14(12)18/h1-3,6-7,12-13,16-17H,4-5,8-10H2,(H,15,18)/p+1/t12-,13-/m0/s1. The van der Waals surface area contributed by atoms with Crippen LogP contribution in [0.3, 0.4) is 0 Å². The maximum Gasteiger partial charge on any atom is 0.278 e. The summed E-state index contributed by atoms with van der Waals surface area (Å²) in [5.41, 5.74) is 0.905. The smallest absolute Gasteiger partial charge is 0.278 e. The Bertz CT molecular complexity index is 381. The summed E-state index contributed by atoms with van der Waals surface area (Å²) in [7, 11) is 0. The first-order valence-electron chi connectivity index (χ1n) is 6.61. The molecule has 4 nitrogen and oxygen atoms in total. The number of aliphatic hydroxyl groups excluding tert-OH is 1. The van der Waals surface area contributed by atoms with Crippen molar-refractivity contribution in [3.8, 4) is 0 Å². The molecule has 1 saturated heterocycles. The first-order valence-corrected chi connectivity index (χ1v) is 6.61. The first-order chi connectivity index (χ1) is 8.77. The van der Waals surface area contributed by atoms with Crippen LogP contribution in [-0.4, -0.2) is 30.1 Å². The van der Waals surface area contributed by atoms with Crippen LogP contribution in [0.25, 0.3) is 0 Å². The molecule has 0 radical (unpaired) electrons. The largest absolute Gasteiger partial charge is 0.382 e. The second-order valence-corrected chi connectivity index (χ2v) is 4.79. The molecular weight excluding hydrogens is 228 g/mol. The molecule has 1 fully saturated rings. The Morgan fingerprint density at radius 1 is 1.33 bits per heavy atom. The molecule has 0 saturated carbocycles. The summed E-state index contributed by atoms with van der Waals surface area (Å²) in [6.07, 6.45) is 2.51. The van der Waals surface area contributed by atoms with Gasteiger partial charge in [-0.15, -0.1) is 0 Å². The van der Waals surface area contributed by atoms with Crippen molar-refractivity contribution in [2.75, 3.05) is 13.1 Å².